The number of amides is 1. The van der Waals surface area contributed by atoms with Crippen molar-refractivity contribution in [2.24, 2.45) is 7.05 Å². The Morgan fingerprint density at radius 2 is 2.00 bits per heavy atom. The fourth-order valence-corrected chi connectivity index (χ4v) is 4.96. The van der Waals surface area contributed by atoms with Crippen molar-refractivity contribution in [2.45, 2.75) is 57.1 Å². The predicted octanol–water partition coefficient (Wildman–Crippen LogP) is 4.69. The van der Waals surface area contributed by atoms with Crippen molar-refractivity contribution in [3.05, 3.63) is 76.4 Å². The van der Waals surface area contributed by atoms with Gasteiger partial charge in [-0.2, -0.15) is 13.2 Å². The van der Waals surface area contributed by atoms with Crippen LogP contribution in [0.4, 0.5) is 18.9 Å². The van der Waals surface area contributed by atoms with Crippen LogP contribution in [0.3, 0.4) is 0 Å². The average Bonchev–Trinajstić information content (AvgIpc) is 3.42. The van der Waals surface area contributed by atoms with E-state index in [4.69, 9.17) is 9.78 Å². The van der Waals surface area contributed by atoms with Gasteiger partial charge >= 0.3 is 6.18 Å². The Morgan fingerprint density at radius 1 is 1.22 bits per heavy atom. The normalized spacial score (nSPS) is 17.6. The van der Waals surface area contributed by atoms with E-state index in [9.17, 15) is 18.0 Å². The molecule has 2 aromatic carbocycles. The fraction of sp³-hybridized carbons (Fsp3) is 0.423. The molecule has 1 N–H and O–H groups in total. The molecule has 8 nitrogen and oxygen atoms in total. The molecule has 11 heteroatoms. The molecule has 1 aliphatic carbocycles. The van der Waals surface area contributed by atoms with Gasteiger partial charge < -0.3 is 14.8 Å². The maximum absolute atomic E-state index is 14.1. The summed E-state index contributed by atoms with van der Waals surface area (Å²) in [5, 5.41) is 11.3. The van der Waals surface area contributed by atoms with Crippen molar-refractivity contribution in [1.82, 2.24) is 20.1 Å². The minimum Gasteiger partial charge on any atom is -0.318 e. The van der Waals surface area contributed by atoms with Crippen LogP contribution >= 0.6 is 0 Å². The number of benzene rings is 2. The molecule has 1 amide bonds. The first-order valence-electron chi connectivity index (χ1n) is 12.0. The first-order chi connectivity index (χ1) is 17.6. The van der Waals surface area contributed by atoms with E-state index >= 15 is 0 Å². The van der Waals surface area contributed by atoms with Crippen LogP contribution in [-0.2, 0) is 36.1 Å². The summed E-state index contributed by atoms with van der Waals surface area (Å²) in [6.07, 6.45) is -0.761. The molecule has 0 radical (unpaired) electrons. The maximum atomic E-state index is 14.1. The lowest BCUT2D eigenvalue weighted by Crippen LogP contribution is -2.47. The molecule has 1 saturated carbocycles. The molecule has 196 valence electrons. The molecule has 1 fully saturated rings. The molecule has 2 heterocycles. The van der Waals surface area contributed by atoms with E-state index in [0.29, 0.717) is 22.6 Å². The monoisotopic (exact) mass is 515 g/mol. The standard InChI is InChI=1S/C26H28F3N5O3/c1-25(8-5-9-25)30-13-16-10-19-20(21(11-16)26(27,28)29)14-34(24(19)35)18-7-4-6-17(12-18)22(37-36-3)23-32-31-15-33(23)2/h4,6-7,10-12,15,22,30H,5,8-9,13-14H2,1-3H3/t22-/m1/s1. The van der Waals surface area contributed by atoms with E-state index in [0.717, 1.165) is 25.3 Å². The molecule has 1 atom stereocenters. The van der Waals surface area contributed by atoms with Crippen LogP contribution in [0, 0.1) is 0 Å². The first-order valence-corrected chi connectivity index (χ1v) is 12.0. The smallest absolute Gasteiger partial charge is 0.318 e. The summed E-state index contributed by atoms with van der Waals surface area (Å²) >= 11 is 0. The number of anilines is 1. The van der Waals surface area contributed by atoms with Gasteiger partial charge in [-0.05, 0) is 67.1 Å². The summed E-state index contributed by atoms with van der Waals surface area (Å²) in [7, 11) is 3.12. The van der Waals surface area contributed by atoms with Crippen molar-refractivity contribution in [3.63, 3.8) is 0 Å². The lowest BCUT2D eigenvalue weighted by Gasteiger charge is -2.39. The molecule has 1 aliphatic heterocycles. The number of aromatic nitrogens is 3. The Hall–Kier alpha value is -3.28. The van der Waals surface area contributed by atoms with Gasteiger partial charge in [-0.15, -0.1) is 10.2 Å². The SMILES string of the molecule is COO[C@H](c1cccc(N2Cc3c(cc(CNC4(C)CCC4)cc3C(F)(F)F)C2=O)c1)c1nncn1C. The van der Waals surface area contributed by atoms with Crippen molar-refractivity contribution in [3.8, 4) is 0 Å². The minimum absolute atomic E-state index is 0.0144. The number of halogens is 3. The van der Waals surface area contributed by atoms with Crippen LogP contribution in [0.2, 0.25) is 0 Å². The lowest BCUT2D eigenvalue weighted by molar-refractivity contribution is -0.299. The van der Waals surface area contributed by atoms with Crippen LogP contribution < -0.4 is 10.2 Å². The Labute approximate surface area is 212 Å². The zero-order chi connectivity index (χ0) is 26.4. The number of hydrogen-bond acceptors (Lipinski definition) is 6. The Kier molecular flexibility index (Phi) is 6.55. The molecule has 1 aromatic heterocycles. The second-order valence-electron chi connectivity index (χ2n) is 9.86. The number of rotatable bonds is 8. The van der Waals surface area contributed by atoms with Crippen LogP contribution in [0.25, 0.3) is 0 Å². The minimum atomic E-state index is -4.58. The van der Waals surface area contributed by atoms with E-state index in [1.807, 2.05) is 0 Å². The van der Waals surface area contributed by atoms with E-state index in [1.54, 1.807) is 41.9 Å². The number of nitrogens with one attached hydrogen (secondary N) is 1. The van der Waals surface area contributed by atoms with Gasteiger partial charge in [0.25, 0.3) is 5.91 Å². The first kappa shape index (κ1) is 25.4. The van der Waals surface area contributed by atoms with Gasteiger partial charge in [0.15, 0.2) is 11.9 Å². The van der Waals surface area contributed by atoms with Crippen LogP contribution in [0.5, 0.6) is 0 Å². The number of alkyl halides is 3. The Morgan fingerprint density at radius 3 is 2.62 bits per heavy atom. The summed E-state index contributed by atoms with van der Waals surface area (Å²) < 4.78 is 43.9. The van der Waals surface area contributed by atoms with E-state index < -0.39 is 23.8 Å². The highest BCUT2D eigenvalue weighted by Gasteiger charge is 2.41. The van der Waals surface area contributed by atoms with Crippen molar-refractivity contribution >= 4 is 11.6 Å². The second kappa shape index (κ2) is 9.55. The molecular weight excluding hydrogens is 487 g/mol. The van der Waals surface area contributed by atoms with Gasteiger partial charge in [0, 0.05) is 30.4 Å². The highest BCUT2D eigenvalue weighted by molar-refractivity contribution is 6.10. The summed E-state index contributed by atoms with van der Waals surface area (Å²) in [4.78, 5) is 25.1. The summed E-state index contributed by atoms with van der Waals surface area (Å²) in [6.45, 7) is 2.15. The van der Waals surface area contributed by atoms with Gasteiger partial charge in [-0.25, -0.2) is 9.78 Å². The summed E-state index contributed by atoms with van der Waals surface area (Å²) in [5.41, 5.74) is 0.714. The topological polar surface area (TPSA) is 81.5 Å². The maximum Gasteiger partial charge on any atom is 0.416 e. The van der Waals surface area contributed by atoms with Crippen LogP contribution in [0.1, 0.15) is 70.7 Å². The predicted molar refractivity (Wildman–Crippen MR) is 128 cm³/mol. The average molecular weight is 516 g/mol. The second-order valence-corrected chi connectivity index (χ2v) is 9.86. The van der Waals surface area contributed by atoms with Crippen molar-refractivity contribution in [1.29, 1.82) is 0 Å². The zero-order valence-electron chi connectivity index (χ0n) is 20.8. The van der Waals surface area contributed by atoms with Crippen molar-refractivity contribution in [2.75, 3.05) is 12.0 Å². The van der Waals surface area contributed by atoms with Gasteiger partial charge in [0.2, 0.25) is 0 Å². The van der Waals surface area contributed by atoms with Gasteiger partial charge in [-0.1, -0.05) is 12.1 Å². The highest BCUT2D eigenvalue weighted by Crippen LogP contribution is 2.40. The molecule has 0 bridgehead atoms. The molecular formula is C26H28F3N5O3. The largest absolute Gasteiger partial charge is 0.416 e. The number of hydrogen-bond donors (Lipinski definition) is 1. The Bertz CT molecular complexity index is 1320. The lowest BCUT2D eigenvalue weighted by atomic mass is 9.78. The molecule has 37 heavy (non-hydrogen) atoms. The van der Waals surface area contributed by atoms with Crippen molar-refractivity contribution < 1.29 is 27.7 Å². The van der Waals surface area contributed by atoms with E-state index in [1.165, 1.54) is 18.3 Å². The number of aryl methyl sites for hydroxylation is 1. The third kappa shape index (κ3) is 4.86. The number of nitrogens with zero attached hydrogens (tertiary/aromatic N) is 4. The van der Waals surface area contributed by atoms with Gasteiger partial charge in [0.1, 0.15) is 6.33 Å². The number of fused-ring (bicyclic) bond motifs is 1. The summed E-state index contributed by atoms with van der Waals surface area (Å²) in [6, 6.07) is 9.60. The van der Waals surface area contributed by atoms with E-state index in [-0.39, 0.29) is 29.8 Å². The zero-order valence-corrected chi connectivity index (χ0v) is 20.8. The molecule has 2 aliphatic rings. The van der Waals surface area contributed by atoms with Crippen LogP contribution in [0.15, 0.2) is 42.7 Å². The highest BCUT2D eigenvalue weighted by atomic mass is 19.4. The molecule has 0 saturated heterocycles. The fourth-order valence-electron chi connectivity index (χ4n) is 4.96. The molecule has 0 spiro atoms. The number of carbonyl (C=O) groups is 1. The molecule has 0 unspecified atom stereocenters. The third-order valence-corrected chi connectivity index (χ3v) is 7.24. The summed E-state index contributed by atoms with van der Waals surface area (Å²) in [5.74, 6) is -0.0103. The Balaban J connectivity index is 1.47. The van der Waals surface area contributed by atoms with Crippen LogP contribution in [-0.4, -0.2) is 33.3 Å². The third-order valence-electron chi connectivity index (χ3n) is 7.24. The molecule has 3 aromatic rings. The quantitative estimate of drug-likeness (QED) is 0.346. The van der Waals surface area contributed by atoms with Gasteiger partial charge in [-0.3, -0.25) is 4.79 Å². The number of carbonyl (C=O) groups excluding carboxylic acids is 1. The van der Waals surface area contributed by atoms with E-state index in [2.05, 4.69) is 22.4 Å². The van der Waals surface area contributed by atoms with Gasteiger partial charge in [0.05, 0.1) is 19.2 Å². The molecule has 5 rings (SSSR count).